The lowest BCUT2D eigenvalue weighted by molar-refractivity contribution is 0.0653. The summed E-state index contributed by atoms with van der Waals surface area (Å²) in [6.45, 7) is 0.940. The van der Waals surface area contributed by atoms with Crippen molar-refractivity contribution in [1.82, 2.24) is 0 Å². The smallest absolute Gasteiger partial charge is 0.230 e. The normalized spacial score (nSPS) is 15.0. The zero-order valence-corrected chi connectivity index (χ0v) is 7.60. The summed E-state index contributed by atoms with van der Waals surface area (Å²) in [5.41, 5.74) is 0.615. The minimum atomic E-state index is -0.134. The van der Waals surface area contributed by atoms with Gasteiger partial charge in [0, 0.05) is 5.56 Å². The lowest BCUT2D eigenvalue weighted by atomic mass is 10.1. The van der Waals surface area contributed by atoms with E-state index in [9.17, 15) is 4.79 Å². The van der Waals surface area contributed by atoms with Crippen LogP contribution in [-0.2, 0) is 9.47 Å². The van der Waals surface area contributed by atoms with Crippen molar-refractivity contribution in [3.05, 3.63) is 47.9 Å². The maximum atomic E-state index is 11.7. The molecule has 3 nitrogen and oxygen atoms in total. The van der Waals surface area contributed by atoms with Gasteiger partial charge in [-0.1, -0.05) is 30.3 Å². The molecule has 0 aromatic heterocycles. The van der Waals surface area contributed by atoms with Crippen LogP contribution in [0.4, 0.5) is 0 Å². The molecule has 1 aromatic carbocycles. The van der Waals surface area contributed by atoms with Crippen LogP contribution in [0.3, 0.4) is 0 Å². The third-order valence-corrected chi connectivity index (χ3v) is 1.91. The molecule has 0 atom stereocenters. The van der Waals surface area contributed by atoms with E-state index < -0.39 is 0 Å². The third kappa shape index (κ3) is 1.76. The molecule has 1 aromatic rings. The molecule has 0 amide bonds. The van der Waals surface area contributed by atoms with Crippen molar-refractivity contribution in [2.75, 3.05) is 13.2 Å². The lowest BCUT2D eigenvalue weighted by Gasteiger charge is -2.14. The van der Waals surface area contributed by atoms with Crippen molar-refractivity contribution in [3.8, 4) is 0 Å². The van der Waals surface area contributed by atoms with E-state index in [0.717, 1.165) is 0 Å². The van der Waals surface area contributed by atoms with Crippen LogP contribution in [0.5, 0.6) is 0 Å². The molecule has 0 saturated carbocycles. The summed E-state index contributed by atoms with van der Waals surface area (Å²) in [5.74, 6) is 0.146. The number of ether oxygens (including phenoxy) is 2. The second kappa shape index (κ2) is 3.96. The summed E-state index contributed by atoms with van der Waals surface area (Å²) in [4.78, 5) is 11.7. The largest absolute Gasteiger partial charge is 0.494 e. The van der Waals surface area contributed by atoms with Gasteiger partial charge in [-0.2, -0.15) is 0 Å². The van der Waals surface area contributed by atoms with E-state index in [1.54, 1.807) is 12.1 Å². The first-order chi connectivity index (χ1) is 6.88. The average molecular weight is 190 g/mol. The summed E-state index contributed by atoms with van der Waals surface area (Å²) in [6, 6.07) is 9.00. The maximum Gasteiger partial charge on any atom is 0.230 e. The molecule has 0 radical (unpaired) electrons. The Kier molecular flexibility index (Phi) is 2.49. The van der Waals surface area contributed by atoms with Gasteiger partial charge in [0.25, 0.3) is 0 Å². The van der Waals surface area contributed by atoms with Gasteiger partial charge in [0.2, 0.25) is 11.5 Å². The van der Waals surface area contributed by atoms with Gasteiger partial charge in [-0.05, 0) is 0 Å². The minimum absolute atomic E-state index is 0.134. The highest BCUT2D eigenvalue weighted by molar-refractivity contribution is 6.07. The van der Waals surface area contributed by atoms with Gasteiger partial charge in [-0.3, -0.25) is 4.79 Å². The van der Waals surface area contributed by atoms with E-state index in [-0.39, 0.29) is 11.5 Å². The molecule has 0 fully saturated rings. The first-order valence-corrected chi connectivity index (χ1v) is 4.42. The molecule has 2 rings (SSSR count). The highest BCUT2D eigenvalue weighted by atomic mass is 16.6. The molecule has 0 spiro atoms. The van der Waals surface area contributed by atoms with Crippen molar-refractivity contribution >= 4 is 5.78 Å². The van der Waals surface area contributed by atoms with Crippen molar-refractivity contribution < 1.29 is 14.3 Å². The molecule has 0 bridgehead atoms. The van der Waals surface area contributed by atoms with E-state index in [0.29, 0.717) is 18.8 Å². The fourth-order valence-corrected chi connectivity index (χ4v) is 1.22. The Morgan fingerprint density at radius 3 is 2.57 bits per heavy atom. The zero-order chi connectivity index (χ0) is 9.80. The van der Waals surface area contributed by atoms with E-state index in [1.807, 2.05) is 18.2 Å². The van der Waals surface area contributed by atoms with Gasteiger partial charge >= 0.3 is 0 Å². The molecule has 72 valence electrons. The maximum absolute atomic E-state index is 11.7. The molecular weight excluding hydrogens is 180 g/mol. The van der Waals surface area contributed by atoms with Crippen LogP contribution < -0.4 is 0 Å². The summed E-state index contributed by atoms with van der Waals surface area (Å²) in [6.07, 6.45) is 1.37. The molecule has 0 aliphatic carbocycles. The quantitative estimate of drug-likeness (QED) is 0.666. The van der Waals surface area contributed by atoms with Crippen molar-refractivity contribution in [2.24, 2.45) is 0 Å². The fraction of sp³-hybridized carbons (Fsp3) is 0.182. The Morgan fingerprint density at radius 2 is 1.93 bits per heavy atom. The second-order valence-electron chi connectivity index (χ2n) is 2.90. The molecule has 0 unspecified atom stereocenters. The highest BCUT2D eigenvalue weighted by Gasteiger charge is 2.16. The van der Waals surface area contributed by atoms with E-state index >= 15 is 0 Å². The second-order valence-corrected chi connectivity index (χ2v) is 2.90. The molecular formula is C11H10O3. The topological polar surface area (TPSA) is 35.5 Å². The lowest BCUT2D eigenvalue weighted by Crippen LogP contribution is -2.15. The standard InChI is InChI=1S/C11H10O3/c12-11(9-4-2-1-3-5-9)10-8-13-6-7-14-10/h1-5,8H,6-7H2. The number of Topliss-reactive ketones (excluding diaryl/α,β-unsaturated/α-hetero) is 1. The molecule has 1 aliphatic rings. The molecule has 3 heteroatoms. The van der Waals surface area contributed by atoms with Gasteiger partial charge in [0.05, 0.1) is 0 Å². The Hall–Kier alpha value is -1.77. The summed E-state index contributed by atoms with van der Waals surface area (Å²) < 4.78 is 10.2. The molecule has 1 heterocycles. The van der Waals surface area contributed by atoms with Gasteiger partial charge in [-0.15, -0.1) is 0 Å². The Morgan fingerprint density at radius 1 is 1.14 bits per heavy atom. The monoisotopic (exact) mass is 190 g/mol. The fourth-order valence-electron chi connectivity index (χ4n) is 1.22. The third-order valence-electron chi connectivity index (χ3n) is 1.91. The predicted octanol–water partition coefficient (Wildman–Crippen LogP) is 1.76. The van der Waals surface area contributed by atoms with Crippen LogP contribution in [0.1, 0.15) is 10.4 Å². The Bertz CT molecular complexity index is 354. The van der Waals surface area contributed by atoms with Crippen LogP contribution in [0.25, 0.3) is 0 Å². The average Bonchev–Trinajstić information content (AvgIpc) is 2.30. The van der Waals surface area contributed by atoms with Gasteiger partial charge in [0.1, 0.15) is 19.5 Å². The summed E-state index contributed by atoms with van der Waals surface area (Å²) in [7, 11) is 0. The first kappa shape index (κ1) is 8.81. The molecule has 14 heavy (non-hydrogen) atoms. The highest BCUT2D eigenvalue weighted by Crippen LogP contribution is 2.12. The van der Waals surface area contributed by atoms with Crippen molar-refractivity contribution in [2.45, 2.75) is 0 Å². The van der Waals surface area contributed by atoms with Crippen molar-refractivity contribution in [3.63, 3.8) is 0 Å². The predicted molar refractivity (Wildman–Crippen MR) is 50.8 cm³/mol. The number of carbonyl (C=O) groups is 1. The van der Waals surface area contributed by atoms with Crippen molar-refractivity contribution in [1.29, 1.82) is 0 Å². The summed E-state index contributed by atoms with van der Waals surface area (Å²) >= 11 is 0. The van der Waals surface area contributed by atoms with Crippen LogP contribution in [0.15, 0.2) is 42.4 Å². The molecule has 0 N–H and O–H groups in total. The number of carbonyl (C=O) groups excluding carboxylic acids is 1. The van der Waals surface area contributed by atoms with Gasteiger partial charge < -0.3 is 9.47 Å². The van der Waals surface area contributed by atoms with Crippen LogP contribution in [0, 0.1) is 0 Å². The van der Waals surface area contributed by atoms with Gasteiger partial charge in [-0.25, -0.2) is 0 Å². The molecule has 1 aliphatic heterocycles. The van der Waals surface area contributed by atoms with E-state index in [1.165, 1.54) is 6.26 Å². The van der Waals surface area contributed by atoms with Crippen LogP contribution in [0.2, 0.25) is 0 Å². The number of hydrogen-bond donors (Lipinski definition) is 0. The number of rotatable bonds is 2. The SMILES string of the molecule is O=C(C1=COCCO1)c1ccccc1. The number of ketones is 1. The van der Waals surface area contributed by atoms with Crippen LogP contribution >= 0.6 is 0 Å². The number of benzene rings is 1. The van der Waals surface area contributed by atoms with E-state index in [2.05, 4.69) is 0 Å². The number of hydrogen-bond acceptors (Lipinski definition) is 3. The van der Waals surface area contributed by atoms with E-state index in [4.69, 9.17) is 9.47 Å². The number of allylic oxidation sites excluding steroid dienone is 1. The zero-order valence-electron chi connectivity index (χ0n) is 7.60. The molecule has 0 saturated heterocycles. The Labute approximate surface area is 81.9 Å². The van der Waals surface area contributed by atoms with Gasteiger partial charge in [0.15, 0.2) is 0 Å². The van der Waals surface area contributed by atoms with Crippen LogP contribution in [-0.4, -0.2) is 19.0 Å². The summed E-state index contributed by atoms with van der Waals surface area (Å²) in [5, 5.41) is 0. The Balaban J connectivity index is 2.20. The first-order valence-electron chi connectivity index (χ1n) is 4.42. The minimum Gasteiger partial charge on any atom is -0.494 e.